The molecule has 0 aliphatic heterocycles. The van der Waals surface area contributed by atoms with E-state index in [1.807, 2.05) is 24.3 Å². The molecule has 2 aromatic rings. The molecule has 23 heavy (non-hydrogen) atoms. The van der Waals surface area contributed by atoms with Gasteiger partial charge in [0, 0.05) is 11.0 Å². The Morgan fingerprint density at radius 1 is 1.04 bits per heavy atom. The predicted octanol–water partition coefficient (Wildman–Crippen LogP) is 4.72. The third-order valence-corrected chi connectivity index (χ3v) is 5.18. The molecule has 0 bridgehead atoms. The summed E-state index contributed by atoms with van der Waals surface area (Å²) in [5.41, 5.74) is 1.55. The SMILES string of the molecule is O=C(NCc1ccc(F)cc1)C1(c2ccc(Br)cc2)CCCC1. The van der Waals surface area contributed by atoms with E-state index in [0.29, 0.717) is 6.54 Å². The molecule has 120 valence electrons. The van der Waals surface area contributed by atoms with Gasteiger partial charge in [-0.3, -0.25) is 4.79 Å². The Morgan fingerprint density at radius 2 is 1.65 bits per heavy atom. The molecule has 1 fully saturated rings. The van der Waals surface area contributed by atoms with Crippen molar-refractivity contribution < 1.29 is 9.18 Å². The molecule has 0 saturated heterocycles. The van der Waals surface area contributed by atoms with Crippen molar-refractivity contribution in [3.63, 3.8) is 0 Å². The van der Waals surface area contributed by atoms with Crippen LogP contribution in [0.1, 0.15) is 36.8 Å². The minimum Gasteiger partial charge on any atom is -0.351 e. The number of hydrogen-bond donors (Lipinski definition) is 1. The third kappa shape index (κ3) is 3.47. The number of halogens is 2. The van der Waals surface area contributed by atoms with Crippen LogP contribution in [0.5, 0.6) is 0 Å². The Labute approximate surface area is 144 Å². The van der Waals surface area contributed by atoms with Gasteiger partial charge >= 0.3 is 0 Å². The van der Waals surface area contributed by atoms with Crippen molar-refractivity contribution in [2.75, 3.05) is 0 Å². The van der Waals surface area contributed by atoms with Gasteiger partial charge in [0.2, 0.25) is 5.91 Å². The first-order valence-corrected chi connectivity index (χ1v) is 8.68. The number of carbonyl (C=O) groups is 1. The van der Waals surface area contributed by atoms with Crippen molar-refractivity contribution in [1.29, 1.82) is 0 Å². The molecule has 2 nitrogen and oxygen atoms in total. The molecule has 0 spiro atoms. The van der Waals surface area contributed by atoms with Crippen LogP contribution < -0.4 is 5.32 Å². The quantitative estimate of drug-likeness (QED) is 0.822. The highest BCUT2D eigenvalue weighted by Crippen LogP contribution is 2.41. The zero-order valence-corrected chi connectivity index (χ0v) is 14.4. The summed E-state index contributed by atoms with van der Waals surface area (Å²) in [6, 6.07) is 14.3. The molecule has 0 aromatic heterocycles. The maximum atomic E-state index is 13.0. The third-order valence-electron chi connectivity index (χ3n) is 4.65. The standard InChI is InChI=1S/C19H19BrFNO/c20-16-7-5-15(6-8-16)19(11-1-2-12-19)18(23)22-13-14-3-9-17(21)10-4-14/h3-10H,1-2,11-13H2,(H,22,23). The molecule has 1 aliphatic rings. The van der Waals surface area contributed by atoms with Gasteiger partial charge in [0.25, 0.3) is 0 Å². The van der Waals surface area contributed by atoms with Gasteiger partial charge in [0.15, 0.2) is 0 Å². The largest absolute Gasteiger partial charge is 0.351 e. The Bertz CT molecular complexity index is 676. The summed E-state index contributed by atoms with van der Waals surface area (Å²) < 4.78 is 14.0. The first-order valence-electron chi connectivity index (χ1n) is 7.89. The number of rotatable bonds is 4. The molecule has 1 aliphatic carbocycles. The second kappa shape index (κ2) is 6.83. The number of carbonyl (C=O) groups excluding carboxylic acids is 1. The highest BCUT2D eigenvalue weighted by atomic mass is 79.9. The van der Waals surface area contributed by atoms with Gasteiger partial charge in [-0.25, -0.2) is 4.39 Å². The molecule has 0 radical (unpaired) electrons. The van der Waals surface area contributed by atoms with Crippen LogP contribution in [0.2, 0.25) is 0 Å². The van der Waals surface area contributed by atoms with Gasteiger partial charge in [-0.05, 0) is 48.2 Å². The van der Waals surface area contributed by atoms with Gasteiger partial charge in [-0.15, -0.1) is 0 Å². The zero-order chi connectivity index (χ0) is 16.3. The summed E-state index contributed by atoms with van der Waals surface area (Å²) in [5, 5.41) is 3.04. The maximum absolute atomic E-state index is 13.0. The fourth-order valence-corrected chi connectivity index (χ4v) is 3.61. The van der Waals surface area contributed by atoms with Crippen LogP contribution in [-0.2, 0) is 16.8 Å². The van der Waals surface area contributed by atoms with E-state index >= 15 is 0 Å². The highest BCUT2D eigenvalue weighted by Gasteiger charge is 2.42. The molecule has 1 N–H and O–H groups in total. The fraction of sp³-hybridized carbons (Fsp3) is 0.316. The molecule has 0 heterocycles. The summed E-state index contributed by atoms with van der Waals surface area (Å²) in [7, 11) is 0. The smallest absolute Gasteiger partial charge is 0.230 e. The van der Waals surface area contributed by atoms with E-state index in [4.69, 9.17) is 0 Å². The van der Waals surface area contributed by atoms with Gasteiger partial charge in [0.1, 0.15) is 5.82 Å². The van der Waals surface area contributed by atoms with E-state index in [1.54, 1.807) is 12.1 Å². The minimum atomic E-state index is -0.430. The van der Waals surface area contributed by atoms with Crippen molar-refractivity contribution >= 4 is 21.8 Å². The molecular formula is C19H19BrFNO. The normalized spacial score (nSPS) is 16.3. The predicted molar refractivity (Wildman–Crippen MR) is 92.5 cm³/mol. The Kier molecular flexibility index (Phi) is 4.81. The van der Waals surface area contributed by atoms with Crippen molar-refractivity contribution in [3.05, 3.63) is 69.9 Å². The summed E-state index contributed by atoms with van der Waals surface area (Å²) in [5.74, 6) is -0.191. The summed E-state index contributed by atoms with van der Waals surface area (Å²) in [6.07, 6.45) is 3.90. The number of benzene rings is 2. The van der Waals surface area contributed by atoms with Crippen molar-refractivity contribution in [1.82, 2.24) is 5.32 Å². The lowest BCUT2D eigenvalue weighted by Crippen LogP contribution is -2.42. The highest BCUT2D eigenvalue weighted by molar-refractivity contribution is 9.10. The lowest BCUT2D eigenvalue weighted by Gasteiger charge is -2.28. The fourth-order valence-electron chi connectivity index (χ4n) is 3.35. The van der Waals surface area contributed by atoms with Gasteiger partial charge in [-0.1, -0.05) is 53.0 Å². The van der Waals surface area contributed by atoms with Gasteiger partial charge in [0.05, 0.1) is 5.41 Å². The second-order valence-electron chi connectivity index (χ2n) is 6.11. The Hall–Kier alpha value is -1.68. The number of hydrogen-bond acceptors (Lipinski definition) is 1. The lowest BCUT2D eigenvalue weighted by molar-refractivity contribution is -0.126. The van der Waals surface area contributed by atoms with Crippen LogP contribution in [0.25, 0.3) is 0 Å². The van der Waals surface area contributed by atoms with E-state index in [-0.39, 0.29) is 11.7 Å². The monoisotopic (exact) mass is 375 g/mol. The lowest BCUT2D eigenvalue weighted by atomic mass is 9.78. The molecule has 1 saturated carbocycles. The minimum absolute atomic E-state index is 0.0710. The van der Waals surface area contributed by atoms with Crippen LogP contribution in [0.4, 0.5) is 4.39 Å². The van der Waals surface area contributed by atoms with E-state index in [1.165, 1.54) is 12.1 Å². The second-order valence-corrected chi connectivity index (χ2v) is 7.02. The summed E-state index contributed by atoms with van der Waals surface area (Å²) in [6.45, 7) is 0.428. The topological polar surface area (TPSA) is 29.1 Å². The van der Waals surface area contributed by atoms with Gasteiger partial charge < -0.3 is 5.32 Å². The number of nitrogens with one attached hydrogen (secondary N) is 1. The summed E-state index contributed by atoms with van der Waals surface area (Å²) >= 11 is 3.44. The zero-order valence-electron chi connectivity index (χ0n) is 12.8. The van der Waals surface area contributed by atoms with Crippen LogP contribution in [0.3, 0.4) is 0 Å². The van der Waals surface area contributed by atoms with Crippen LogP contribution in [0, 0.1) is 5.82 Å². The van der Waals surface area contributed by atoms with E-state index < -0.39 is 5.41 Å². The first kappa shape index (κ1) is 16.2. The maximum Gasteiger partial charge on any atom is 0.230 e. The molecule has 2 aromatic carbocycles. The Balaban J connectivity index is 1.76. The molecule has 0 atom stereocenters. The average Bonchev–Trinajstić information content (AvgIpc) is 3.06. The molecule has 1 amide bonds. The average molecular weight is 376 g/mol. The number of amides is 1. The van der Waals surface area contributed by atoms with E-state index in [2.05, 4.69) is 21.2 Å². The Morgan fingerprint density at radius 3 is 2.26 bits per heavy atom. The van der Waals surface area contributed by atoms with E-state index in [9.17, 15) is 9.18 Å². The molecule has 4 heteroatoms. The first-order chi connectivity index (χ1) is 11.1. The van der Waals surface area contributed by atoms with Crippen molar-refractivity contribution in [2.45, 2.75) is 37.6 Å². The van der Waals surface area contributed by atoms with Crippen LogP contribution >= 0.6 is 15.9 Å². The van der Waals surface area contributed by atoms with Crippen molar-refractivity contribution in [3.8, 4) is 0 Å². The van der Waals surface area contributed by atoms with Crippen molar-refractivity contribution in [2.24, 2.45) is 0 Å². The summed E-state index contributed by atoms with van der Waals surface area (Å²) in [4.78, 5) is 12.9. The van der Waals surface area contributed by atoms with Crippen LogP contribution in [-0.4, -0.2) is 5.91 Å². The van der Waals surface area contributed by atoms with Gasteiger partial charge in [-0.2, -0.15) is 0 Å². The van der Waals surface area contributed by atoms with E-state index in [0.717, 1.165) is 41.3 Å². The molecule has 0 unspecified atom stereocenters. The van der Waals surface area contributed by atoms with Crippen LogP contribution in [0.15, 0.2) is 53.0 Å². The molecule has 3 rings (SSSR count). The molecular weight excluding hydrogens is 357 g/mol.